The molecule has 0 bridgehead atoms. The molecule has 0 saturated carbocycles. The molecule has 2 aliphatic heterocycles. The summed E-state index contributed by atoms with van der Waals surface area (Å²) in [6, 6.07) is 112. The number of para-hydroxylation sites is 4. The summed E-state index contributed by atoms with van der Waals surface area (Å²) < 4.78 is 14.5. The minimum atomic E-state index is -0.232. The van der Waals surface area contributed by atoms with Gasteiger partial charge in [-0.25, -0.2) is 0 Å². The summed E-state index contributed by atoms with van der Waals surface area (Å²) in [4.78, 5) is 2.74. The molecule has 0 radical (unpaired) electrons. The molecule has 4 nitrogen and oxygen atoms in total. The molecule has 0 atom stereocenters. The Balaban J connectivity index is 0.994. The van der Waals surface area contributed by atoms with Crippen molar-refractivity contribution in [2.45, 2.75) is 26.2 Å². The van der Waals surface area contributed by atoms with E-state index in [-0.39, 0.29) is 12.1 Å². The highest BCUT2D eigenvalue weighted by molar-refractivity contribution is 7.26. The maximum Gasteiger partial charge on any atom is 0.252 e. The molecule has 0 spiro atoms. The van der Waals surface area contributed by atoms with E-state index in [0.717, 1.165) is 83.7 Å². The molecule has 4 aromatic heterocycles. The van der Waals surface area contributed by atoms with Gasteiger partial charge in [-0.3, -0.25) is 0 Å². The van der Waals surface area contributed by atoms with Gasteiger partial charge in [0.2, 0.25) is 0 Å². The number of fused-ring (bicyclic) bond motifs is 16. The van der Waals surface area contributed by atoms with Gasteiger partial charge < -0.3 is 18.5 Å². The second kappa shape index (κ2) is 20.0. The topological polar surface area (TPSA) is 26.2 Å². The molecule has 0 aliphatic carbocycles. The van der Waals surface area contributed by atoms with Crippen LogP contribution in [-0.2, 0) is 5.41 Å². The quantitative estimate of drug-likeness (QED) is 0.149. The molecule has 0 unspecified atom stereocenters. The number of anilines is 3. The number of furan rings is 1. The van der Waals surface area contributed by atoms with Crippen LogP contribution in [0.15, 0.2) is 302 Å². The standard InChI is InChI=1S/C88H58BN3OS/c1-88(2,3)60-47-68(57-29-19-27-55(43-57)53-23-7-4-8-24-53)85(69(48-60)58-30-20-28-56(44-58)54-25-9-5-10-26-54)92-78-50-71-63-33-13-16-40-75(63)90(61-31-11-6-12-32-61)76(71)51-74(78)89-73-39-22-37-66-70-49-72-64-34-14-17-41-81(64)93-82(72)52-77(70)91(86(66)73)79-45-59(46-80(92)84(79)89)62-36-21-38-67-65-35-15-18-42-83(65)94-87(62)67/h4-52H,1-3H3. The second-order valence-electron chi connectivity index (χ2n) is 26.7. The molecule has 20 rings (SSSR count). The summed E-state index contributed by atoms with van der Waals surface area (Å²) in [5.74, 6) is 0. The minimum absolute atomic E-state index is 0.190. The van der Waals surface area contributed by atoms with Gasteiger partial charge in [0.1, 0.15) is 11.2 Å². The van der Waals surface area contributed by atoms with Gasteiger partial charge in [-0.2, -0.15) is 0 Å². The van der Waals surface area contributed by atoms with E-state index in [1.54, 1.807) is 0 Å². The Morgan fingerprint density at radius 2 is 0.915 bits per heavy atom. The van der Waals surface area contributed by atoms with Crippen LogP contribution >= 0.6 is 11.3 Å². The predicted octanol–water partition coefficient (Wildman–Crippen LogP) is 22.4. The van der Waals surface area contributed by atoms with Gasteiger partial charge in [0.15, 0.2) is 0 Å². The summed E-state index contributed by atoms with van der Waals surface area (Å²) in [7, 11) is 0. The van der Waals surface area contributed by atoms with Crippen LogP contribution < -0.4 is 21.3 Å². The molecular weight excluding hydrogens is 1160 g/mol. The van der Waals surface area contributed by atoms with Crippen molar-refractivity contribution in [2.75, 3.05) is 4.90 Å². The van der Waals surface area contributed by atoms with E-state index in [0.29, 0.717) is 0 Å². The van der Waals surface area contributed by atoms with Crippen molar-refractivity contribution < 1.29 is 4.42 Å². The number of hydrogen-bond donors (Lipinski definition) is 0. The smallest absolute Gasteiger partial charge is 0.252 e. The van der Waals surface area contributed by atoms with Crippen LogP contribution in [0.4, 0.5) is 17.1 Å². The van der Waals surface area contributed by atoms with E-state index < -0.39 is 0 Å². The summed E-state index contributed by atoms with van der Waals surface area (Å²) in [5, 5.41) is 9.63. The van der Waals surface area contributed by atoms with Crippen LogP contribution in [0.3, 0.4) is 0 Å². The van der Waals surface area contributed by atoms with Gasteiger partial charge >= 0.3 is 0 Å². The van der Waals surface area contributed by atoms with Crippen LogP contribution in [0.25, 0.3) is 153 Å². The zero-order chi connectivity index (χ0) is 62.1. The maximum absolute atomic E-state index is 6.87. The monoisotopic (exact) mass is 1220 g/mol. The molecule has 2 aliphatic rings. The Morgan fingerprint density at radius 3 is 1.65 bits per heavy atom. The molecule has 18 aromatic rings. The third-order valence-corrected chi connectivity index (χ3v) is 21.6. The lowest BCUT2D eigenvalue weighted by atomic mass is 9.33. The number of thiophene rings is 1. The second-order valence-corrected chi connectivity index (χ2v) is 27.8. The number of benzene rings is 14. The van der Waals surface area contributed by atoms with E-state index in [1.165, 1.54) is 108 Å². The largest absolute Gasteiger partial charge is 0.456 e. The van der Waals surface area contributed by atoms with E-state index in [2.05, 4.69) is 332 Å². The van der Waals surface area contributed by atoms with Crippen molar-refractivity contribution in [1.29, 1.82) is 0 Å². The molecule has 0 N–H and O–H groups in total. The van der Waals surface area contributed by atoms with Gasteiger partial charge in [0.05, 0.1) is 22.2 Å². The first kappa shape index (κ1) is 53.2. The predicted molar refractivity (Wildman–Crippen MR) is 401 cm³/mol. The SMILES string of the molecule is CC(C)(C)c1cc(-c2cccc(-c3ccccc3)c2)c(N2c3cc4c5ccccc5n(-c5ccccc5)c4cc3B3c4c2cc(-c2cccc5c2sc2ccccc25)cc4-n2c4cc5oc6ccccc6c5cc4c4cccc3c42)c(-c2cccc(-c3ccccc3)c2)c1. The average molecular weight is 1220 g/mol. The lowest BCUT2D eigenvalue weighted by Gasteiger charge is -2.42. The van der Waals surface area contributed by atoms with Crippen molar-refractivity contribution >= 4 is 137 Å². The highest BCUT2D eigenvalue weighted by Crippen LogP contribution is 2.54. The lowest BCUT2D eigenvalue weighted by molar-refractivity contribution is 0.591. The van der Waals surface area contributed by atoms with Crippen LogP contribution in [0.1, 0.15) is 26.3 Å². The van der Waals surface area contributed by atoms with Crippen molar-refractivity contribution in [3.8, 4) is 67.0 Å². The van der Waals surface area contributed by atoms with E-state index in [1.807, 2.05) is 11.3 Å². The first-order valence-corrected chi connectivity index (χ1v) is 33.5. The summed E-state index contributed by atoms with van der Waals surface area (Å²) >= 11 is 1.89. The molecule has 0 saturated heterocycles. The van der Waals surface area contributed by atoms with Crippen LogP contribution in [0, 0.1) is 0 Å². The first-order chi connectivity index (χ1) is 46.3. The van der Waals surface area contributed by atoms with Crippen LogP contribution in [0.5, 0.6) is 0 Å². The van der Waals surface area contributed by atoms with E-state index in [9.17, 15) is 0 Å². The summed E-state index contributed by atoms with van der Waals surface area (Å²) in [5.41, 5.74) is 28.7. The molecule has 6 heterocycles. The van der Waals surface area contributed by atoms with Gasteiger partial charge in [-0.15, -0.1) is 11.3 Å². The summed E-state index contributed by atoms with van der Waals surface area (Å²) in [6.45, 7) is 6.90. The van der Waals surface area contributed by atoms with E-state index in [4.69, 9.17) is 4.42 Å². The minimum Gasteiger partial charge on any atom is -0.456 e. The zero-order valence-electron chi connectivity index (χ0n) is 52.0. The third-order valence-electron chi connectivity index (χ3n) is 20.4. The zero-order valence-corrected chi connectivity index (χ0v) is 52.8. The van der Waals surface area contributed by atoms with Crippen LogP contribution in [-0.4, -0.2) is 15.8 Å². The fraction of sp³-hybridized carbons (Fsp3) is 0.0455. The van der Waals surface area contributed by atoms with Crippen molar-refractivity contribution in [3.63, 3.8) is 0 Å². The highest BCUT2D eigenvalue weighted by atomic mass is 32.1. The molecule has 0 fully saturated rings. The fourth-order valence-electron chi connectivity index (χ4n) is 16.1. The van der Waals surface area contributed by atoms with Crippen molar-refractivity contribution in [1.82, 2.24) is 9.13 Å². The van der Waals surface area contributed by atoms with Gasteiger partial charge in [-0.05, 0) is 157 Å². The maximum atomic E-state index is 6.87. The highest BCUT2D eigenvalue weighted by Gasteiger charge is 2.44. The first-order valence-electron chi connectivity index (χ1n) is 32.7. The Bertz CT molecular complexity index is 6120. The molecule has 0 amide bonds. The number of rotatable bonds is 7. The number of hydrogen-bond acceptors (Lipinski definition) is 3. The molecule has 6 heteroatoms. The molecule has 14 aromatic carbocycles. The van der Waals surface area contributed by atoms with E-state index >= 15 is 0 Å². The van der Waals surface area contributed by atoms with Crippen LogP contribution in [0.2, 0.25) is 0 Å². The fourth-order valence-corrected chi connectivity index (χ4v) is 17.3. The summed E-state index contributed by atoms with van der Waals surface area (Å²) in [6.07, 6.45) is 0. The molecular formula is C88H58BN3OS. The average Bonchev–Trinajstić information content (AvgIpc) is 1.34. The van der Waals surface area contributed by atoms with Gasteiger partial charge in [0, 0.05) is 97.9 Å². The van der Waals surface area contributed by atoms with Gasteiger partial charge in [0.25, 0.3) is 6.71 Å². The number of aromatic nitrogens is 2. The van der Waals surface area contributed by atoms with Gasteiger partial charge in [-0.1, -0.05) is 227 Å². The van der Waals surface area contributed by atoms with Crippen molar-refractivity contribution in [3.05, 3.63) is 303 Å². The molecule has 94 heavy (non-hydrogen) atoms. The Hall–Kier alpha value is -11.4. The Morgan fingerprint density at radius 1 is 0.340 bits per heavy atom. The Labute approximate surface area is 548 Å². The van der Waals surface area contributed by atoms with Crippen molar-refractivity contribution in [2.24, 2.45) is 0 Å². The third kappa shape index (κ3) is 7.81. The normalized spacial score (nSPS) is 12.8. The molecule has 440 valence electrons. The Kier molecular flexibility index (Phi) is 11.3. The number of nitrogens with zero attached hydrogens (tertiary/aromatic N) is 3. The lowest BCUT2D eigenvalue weighted by Crippen LogP contribution is -2.60.